The molecule has 0 aliphatic rings. The lowest BCUT2D eigenvalue weighted by atomic mass is 10.1. The molecule has 0 fully saturated rings. The zero-order valence-corrected chi connectivity index (χ0v) is 11.9. The predicted octanol–water partition coefficient (Wildman–Crippen LogP) is 3.67. The molecule has 1 rings (SSSR count). The van der Waals surface area contributed by atoms with E-state index in [4.69, 9.17) is 5.11 Å². The largest absolute Gasteiger partial charge is 0.480 e. The normalized spacial score (nSPS) is 13.5. The number of carboxylic acid groups (broad SMARTS) is 1. The van der Waals surface area contributed by atoms with Gasteiger partial charge in [0.25, 0.3) is 0 Å². The van der Waals surface area contributed by atoms with E-state index in [-0.39, 0.29) is 22.6 Å². The van der Waals surface area contributed by atoms with Crippen molar-refractivity contribution in [2.24, 2.45) is 5.92 Å². The van der Waals surface area contributed by atoms with Gasteiger partial charge in [-0.3, -0.25) is 4.79 Å². The lowest BCUT2D eigenvalue weighted by Gasteiger charge is -2.16. The molecule has 0 saturated carbocycles. The summed E-state index contributed by atoms with van der Waals surface area (Å²) in [4.78, 5) is 11.2. The number of hydrogen-bond acceptors (Lipinski definition) is 3. The number of rotatable bonds is 6. The standard InChI is InChI=1S/C13H16F3NO2S/c1-8(2)7-17-11(12(18)19)9-3-5-10(6-4-9)20-13(14,15)16/h3-6,8,11,17H,7H2,1-2H3,(H,18,19). The van der Waals surface area contributed by atoms with Crippen molar-refractivity contribution in [1.82, 2.24) is 5.32 Å². The first-order valence-electron chi connectivity index (χ1n) is 6.01. The smallest absolute Gasteiger partial charge is 0.446 e. The van der Waals surface area contributed by atoms with Crippen LogP contribution < -0.4 is 5.32 Å². The first-order chi connectivity index (χ1) is 9.19. The van der Waals surface area contributed by atoms with Crippen molar-refractivity contribution < 1.29 is 23.1 Å². The molecule has 20 heavy (non-hydrogen) atoms. The minimum atomic E-state index is -4.34. The highest BCUT2D eigenvalue weighted by Crippen LogP contribution is 2.37. The summed E-state index contributed by atoms with van der Waals surface area (Å²) in [5.74, 6) is -0.779. The molecule has 0 saturated heterocycles. The van der Waals surface area contributed by atoms with Gasteiger partial charge >= 0.3 is 11.5 Å². The van der Waals surface area contributed by atoms with Gasteiger partial charge in [-0.1, -0.05) is 26.0 Å². The van der Waals surface area contributed by atoms with Crippen molar-refractivity contribution in [2.75, 3.05) is 6.54 Å². The number of thioether (sulfide) groups is 1. The summed E-state index contributed by atoms with van der Waals surface area (Å²) < 4.78 is 36.6. The monoisotopic (exact) mass is 307 g/mol. The molecule has 0 aromatic heterocycles. The van der Waals surface area contributed by atoms with Crippen molar-refractivity contribution >= 4 is 17.7 Å². The maximum Gasteiger partial charge on any atom is 0.446 e. The maximum atomic E-state index is 12.2. The predicted molar refractivity (Wildman–Crippen MR) is 71.6 cm³/mol. The third kappa shape index (κ3) is 5.83. The third-order valence-corrected chi connectivity index (χ3v) is 3.16. The van der Waals surface area contributed by atoms with Crippen molar-refractivity contribution in [3.8, 4) is 0 Å². The molecule has 2 N–H and O–H groups in total. The van der Waals surface area contributed by atoms with Gasteiger partial charge in [0.2, 0.25) is 0 Å². The Bertz CT molecular complexity index is 446. The Morgan fingerprint density at radius 3 is 2.25 bits per heavy atom. The number of benzene rings is 1. The van der Waals surface area contributed by atoms with E-state index in [2.05, 4.69) is 5.32 Å². The van der Waals surface area contributed by atoms with Crippen LogP contribution in [0.4, 0.5) is 13.2 Å². The molecule has 1 unspecified atom stereocenters. The van der Waals surface area contributed by atoms with Gasteiger partial charge in [-0.05, 0) is 41.9 Å². The molecular weight excluding hydrogens is 291 g/mol. The molecule has 0 amide bonds. The SMILES string of the molecule is CC(C)CNC(C(=O)O)c1ccc(SC(F)(F)F)cc1. The second-order valence-corrected chi connectivity index (χ2v) is 5.83. The van der Waals surface area contributed by atoms with Crippen molar-refractivity contribution in [3.05, 3.63) is 29.8 Å². The molecule has 0 radical (unpaired) electrons. The number of carbonyl (C=O) groups is 1. The Morgan fingerprint density at radius 2 is 1.85 bits per heavy atom. The van der Waals surface area contributed by atoms with Crippen molar-refractivity contribution in [3.63, 3.8) is 0 Å². The van der Waals surface area contributed by atoms with Gasteiger partial charge in [0.15, 0.2) is 0 Å². The van der Waals surface area contributed by atoms with Crippen LogP contribution in [-0.2, 0) is 4.79 Å². The average molecular weight is 307 g/mol. The number of hydrogen-bond donors (Lipinski definition) is 2. The molecule has 1 aromatic carbocycles. The van der Waals surface area contributed by atoms with Crippen LogP contribution in [0.1, 0.15) is 25.5 Å². The second kappa shape index (κ2) is 6.99. The highest BCUT2D eigenvalue weighted by atomic mass is 32.2. The summed E-state index contributed by atoms with van der Waals surface area (Å²) in [5.41, 5.74) is -3.91. The van der Waals surface area contributed by atoms with Crippen LogP contribution in [0.15, 0.2) is 29.2 Å². The lowest BCUT2D eigenvalue weighted by molar-refractivity contribution is -0.139. The Kier molecular flexibility index (Phi) is 5.88. The summed E-state index contributed by atoms with van der Waals surface area (Å²) in [7, 11) is 0. The highest BCUT2D eigenvalue weighted by Gasteiger charge is 2.29. The molecule has 0 aliphatic carbocycles. The van der Waals surface area contributed by atoms with Gasteiger partial charge in [-0.15, -0.1) is 0 Å². The maximum absolute atomic E-state index is 12.2. The minimum Gasteiger partial charge on any atom is -0.480 e. The zero-order valence-electron chi connectivity index (χ0n) is 11.1. The van der Waals surface area contributed by atoms with Crippen LogP contribution in [0.2, 0.25) is 0 Å². The van der Waals surface area contributed by atoms with E-state index in [1.165, 1.54) is 24.3 Å². The van der Waals surface area contributed by atoms with Crippen LogP contribution in [0.3, 0.4) is 0 Å². The molecule has 3 nitrogen and oxygen atoms in total. The molecule has 7 heteroatoms. The summed E-state index contributed by atoms with van der Waals surface area (Å²) in [5, 5.41) is 12.0. The van der Waals surface area contributed by atoms with E-state index in [1.54, 1.807) is 0 Å². The number of halogens is 3. The number of aliphatic carboxylic acids is 1. The van der Waals surface area contributed by atoms with E-state index in [9.17, 15) is 18.0 Å². The van der Waals surface area contributed by atoms with Crippen LogP contribution >= 0.6 is 11.8 Å². The molecule has 1 atom stereocenters. The topological polar surface area (TPSA) is 49.3 Å². The molecule has 0 aliphatic heterocycles. The highest BCUT2D eigenvalue weighted by molar-refractivity contribution is 8.00. The first kappa shape index (κ1) is 16.8. The van der Waals surface area contributed by atoms with Gasteiger partial charge in [0, 0.05) is 4.90 Å². The van der Waals surface area contributed by atoms with Crippen molar-refractivity contribution in [2.45, 2.75) is 30.3 Å². The van der Waals surface area contributed by atoms with E-state index >= 15 is 0 Å². The van der Waals surface area contributed by atoms with Gasteiger partial charge in [-0.25, -0.2) is 0 Å². The molecule has 1 aromatic rings. The molecule has 0 heterocycles. The van der Waals surface area contributed by atoms with E-state index in [1.807, 2.05) is 13.8 Å². The zero-order chi connectivity index (χ0) is 15.3. The Hall–Kier alpha value is -1.21. The summed E-state index contributed by atoms with van der Waals surface area (Å²) >= 11 is -0.220. The Balaban J connectivity index is 2.80. The first-order valence-corrected chi connectivity index (χ1v) is 6.82. The van der Waals surface area contributed by atoms with Crippen molar-refractivity contribution in [1.29, 1.82) is 0 Å². The van der Waals surface area contributed by atoms with Crippen LogP contribution in [-0.4, -0.2) is 23.1 Å². The Morgan fingerprint density at radius 1 is 1.30 bits per heavy atom. The number of carboxylic acids is 1. The van der Waals surface area contributed by atoms with E-state index < -0.39 is 17.5 Å². The van der Waals surface area contributed by atoms with E-state index in [0.717, 1.165) is 0 Å². The van der Waals surface area contributed by atoms with Gasteiger partial charge in [0.05, 0.1) is 0 Å². The minimum absolute atomic E-state index is 0.0363. The quantitative estimate of drug-likeness (QED) is 0.787. The number of alkyl halides is 3. The van der Waals surface area contributed by atoms with E-state index in [0.29, 0.717) is 12.1 Å². The fraction of sp³-hybridized carbons (Fsp3) is 0.462. The summed E-state index contributed by atoms with van der Waals surface area (Å²) in [6.45, 7) is 4.39. The summed E-state index contributed by atoms with van der Waals surface area (Å²) in [6, 6.07) is 4.45. The van der Waals surface area contributed by atoms with Crippen LogP contribution in [0, 0.1) is 5.92 Å². The van der Waals surface area contributed by atoms with Crippen LogP contribution in [0.25, 0.3) is 0 Å². The molecule has 0 bridgehead atoms. The molecular formula is C13H16F3NO2S. The Labute approximate surface area is 119 Å². The second-order valence-electron chi connectivity index (χ2n) is 4.69. The van der Waals surface area contributed by atoms with Crippen LogP contribution in [0.5, 0.6) is 0 Å². The number of nitrogens with one attached hydrogen (secondary N) is 1. The lowest BCUT2D eigenvalue weighted by Crippen LogP contribution is -2.31. The van der Waals surface area contributed by atoms with Gasteiger partial charge < -0.3 is 10.4 Å². The van der Waals surface area contributed by atoms with Gasteiger partial charge in [-0.2, -0.15) is 13.2 Å². The average Bonchev–Trinajstić information content (AvgIpc) is 2.28. The van der Waals surface area contributed by atoms with Gasteiger partial charge in [0.1, 0.15) is 6.04 Å². The molecule has 112 valence electrons. The molecule has 0 spiro atoms. The fourth-order valence-electron chi connectivity index (χ4n) is 1.56. The summed E-state index contributed by atoms with van der Waals surface area (Å²) in [6.07, 6.45) is 0. The fourth-order valence-corrected chi connectivity index (χ4v) is 2.10. The third-order valence-electron chi connectivity index (χ3n) is 2.42.